The fourth-order valence-corrected chi connectivity index (χ4v) is 2.35. The van der Waals surface area contributed by atoms with E-state index in [2.05, 4.69) is 0 Å². The van der Waals surface area contributed by atoms with Gasteiger partial charge in [0.15, 0.2) is 0 Å². The second kappa shape index (κ2) is 6.34. The van der Waals surface area contributed by atoms with Crippen LogP contribution in [-0.2, 0) is 9.59 Å². The van der Waals surface area contributed by atoms with Gasteiger partial charge < -0.3 is 20.0 Å². The molecule has 1 heterocycles. The summed E-state index contributed by atoms with van der Waals surface area (Å²) in [6, 6.07) is 0. The predicted molar refractivity (Wildman–Crippen MR) is 70.3 cm³/mol. The standard InChI is InChI=1S/C13H24N2O4/c1-13(2,3)15-9-10(8-11(15)18)12(19)14(4-6-16)5-7-17/h10,16-17H,4-9H2,1-3H3/t10-/m0/s1. The highest BCUT2D eigenvalue weighted by Gasteiger charge is 2.40. The SMILES string of the molecule is CC(C)(C)N1C[C@@H](C(=O)N(CCO)CCO)CC1=O. The Labute approximate surface area is 114 Å². The second-order valence-electron chi connectivity index (χ2n) is 5.85. The molecule has 19 heavy (non-hydrogen) atoms. The summed E-state index contributed by atoms with van der Waals surface area (Å²) < 4.78 is 0. The van der Waals surface area contributed by atoms with Gasteiger partial charge in [0.1, 0.15) is 0 Å². The molecule has 2 N–H and O–H groups in total. The molecule has 0 spiro atoms. The molecule has 2 amide bonds. The van der Waals surface area contributed by atoms with E-state index < -0.39 is 0 Å². The maximum absolute atomic E-state index is 12.3. The third-order valence-electron chi connectivity index (χ3n) is 3.34. The minimum absolute atomic E-state index is 0.0150. The van der Waals surface area contributed by atoms with Crippen LogP contribution in [0.1, 0.15) is 27.2 Å². The van der Waals surface area contributed by atoms with E-state index in [-0.39, 0.29) is 56.0 Å². The average Bonchev–Trinajstić information content (AvgIpc) is 2.70. The number of hydrogen-bond acceptors (Lipinski definition) is 4. The van der Waals surface area contributed by atoms with Crippen molar-refractivity contribution < 1.29 is 19.8 Å². The Morgan fingerprint density at radius 1 is 1.32 bits per heavy atom. The lowest BCUT2D eigenvalue weighted by atomic mass is 10.1. The summed E-state index contributed by atoms with van der Waals surface area (Å²) in [7, 11) is 0. The maximum atomic E-state index is 12.3. The van der Waals surface area contributed by atoms with Crippen molar-refractivity contribution in [2.75, 3.05) is 32.8 Å². The van der Waals surface area contributed by atoms with E-state index in [9.17, 15) is 9.59 Å². The largest absolute Gasteiger partial charge is 0.395 e. The molecule has 0 aromatic rings. The van der Waals surface area contributed by atoms with Crippen LogP contribution in [0, 0.1) is 5.92 Å². The Morgan fingerprint density at radius 3 is 2.21 bits per heavy atom. The molecule has 0 bridgehead atoms. The molecule has 0 aromatic heterocycles. The van der Waals surface area contributed by atoms with Crippen LogP contribution in [-0.4, -0.2) is 70.2 Å². The first-order valence-electron chi connectivity index (χ1n) is 6.62. The van der Waals surface area contributed by atoms with Crippen LogP contribution in [0.25, 0.3) is 0 Å². The number of amides is 2. The lowest BCUT2D eigenvalue weighted by molar-refractivity contribution is -0.136. The van der Waals surface area contributed by atoms with E-state index in [0.29, 0.717) is 6.54 Å². The van der Waals surface area contributed by atoms with Gasteiger partial charge >= 0.3 is 0 Å². The van der Waals surface area contributed by atoms with Gasteiger partial charge in [0, 0.05) is 31.6 Å². The van der Waals surface area contributed by atoms with Crippen LogP contribution in [0.2, 0.25) is 0 Å². The van der Waals surface area contributed by atoms with Crippen LogP contribution in [0.5, 0.6) is 0 Å². The first kappa shape index (κ1) is 15.9. The van der Waals surface area contributed by atoms with Gasteiger partial charge in [-0.2, -0.15) is 0 Å². The van der Waals surface area contributed by atoms with E-state index in [1.165, 1.54) is 4.90 Å². The molecule has 0 aromatic carbocycles. The Bertz CT molecular complexity index is 332. The minimum Gasteiger partial charge on any atom is -0.395 e. The summed E-state index contributed by atoms with van der Waals surface area (Å²) in [6.07, 6.45) is 0.212. The van der Waals surface area contributed by atoms with Crippen LogP contribution in [0.3, 0.4) is 0 Å². The summed E-state index contributed by atoms with van der Waals surface area (Å²) in [5.74, 6) is -0.549. The summed E-state index contributed by atoms with van der Waals surface area (Å²) in [5.41, 5.74) is -0.287. The average molecular weight is 272 g/mol. The fourth-order valence-electron chi connectivity index (χ4n) is 2.35. The van der Waals surface area contributed by atoms with Crippen molar-refractivity contribution in [3.05, 3.63) is 0 Å². The number of aliphatic hydroxyl groups is 2. The summed E-state index contributed by atoms with van der Waals surface area (Å²) in [5, 5.41) is 17.9. The Hall–Kier alpha value is -1.14. The number of carbonyl (C=O) groups excluding carboxylic acids is 2. The molecular weight excluding hydrogens is 248 g/mol. The predicted octanol–water partition coefficient (Wildman–Crippen LogP) is -0.553. The highest BCUT2D eigenvalue weighted by molar-refractivity contribution is 5.89. The quantitative estimate of drug-likeness (QED) is 0.703. The van der Waals surface area contributed by atoms with Gasteiger partial charge in [0.2, 0.25) is 11.8 Å². The monoisotopic (exact) mass is 272 g/mol. The van der Waals surface area contributed by atoms with Crippen molar-refractivity contribution >= 4 is 11.8 Å². The van der Waals surface area contributed by atoms with E-state index >= 15 is 0 Å². The maximum Gasteiger partial charge on any atom is 0.228 e. The topological polar surface area (TPSA) is 81.1 Å². The molecule has 1 rings (SSSR count). The van der Waals surface area contributed by atoms with E-state index in [4.69, 9.17) is 10.2 Å². The number of hydrogen-bond donors (Lipinski definition) is 2. The van der Waals surface area contributed by atoms with Crippen LogP contribution in [0.4, 0.5) is 0 Å². The summed E-state index contributed by atoms with van der Waals surface area (Å²) >= 11 is 0. The molecule has 1 aliphatic heterocycles. The van der Waals surface area contributed by atoms with Gasteiger partial charge in [-0.3, -0.25) is 9.59 Å². The molecule has 6 nitrogen and oxygen atoms in total. The molecule has 110 valence electrons. The minimum atomic E-state index is -0.371. The van der Waals surface area contributed by atoms with Gasteiger partial charge in [-0.25, -0.2) is 0 Å². The number of aliphatic hydroxyl groups excluding tert-OH is 2. The van der Waals surface area contributed by atoms with Crippen molar-refractivity contribution in [1.82, 2.24) is 9.80 Å². The van der Waals surface area contributed by atoms with Gasteiger partial charge in [-0.05, 0) is 20.8 Å². The lowest BCUT2D eigenvalue weighted by Gasteiger charge is -2.32. The first-order chi connectivity index (χ1) is 8.81. The zero-order valence-corrected chi connectivity index (χ0v) is 11.9. The molecule has 1 aliphatic rings. The Balaban J connectivity index is 2.71. The van der Waals surface area contributed by atoms with Crippen LogP contribution >= 0.6 is 0 Å². The molecule has 1 saturated heterocycles. The first-order valence-corrected chi connectivity index (χ1v) is 6.62. The summed E-state index contributed by atoms with van der Waals surface area (Å²) in [6.45, 7) is 6.34. The van der Waals surface area contributed by atoms with Crippen LogP contribution < -0.4 is 0 Å². The number of nitrogens with zero attached hydrogens (tertiary/aromatic N) is 2. The molecular formula is C13H24N2O4. The Morgan fingerprint density at radius 2 is 1.84 bits per heavy atom. The normalized spacial score (nSPS) is 19.9. The Kier molecular flexibility index (Phi) is 5.31. The highest BCUT2D eigenvalue weighted by Crippen LogP contribution is 2.26. The van der Waals surface area contributed by atoms with E-state index in [1.807, 2.05) is 20.8 Å². The molecule has 0 radical (unpaired) electrons. The van der Waals surface area contributed by atoms with Gasteiger partial charge in [-0.15, -0.1) is 0 Å². The molecule has 0 saturated carbocycles. The molecule has 1 atom stereocenters. The molecule has 0 unspecified atom stereocenters. The second-order valence-corrected chi connectivity index (χ2v) is 5.85. The van der Waals surface area contributed by atoms with Crippen molar-refractivity contribution in [1.29, 1.82) is 0 Å². The molecule has 6 heteroatoms. The van der Waals surface area contributed by atoms with Crippen molar-refractivity contribution in [3.8, 4) is 0 Å². The number of rotatable bonds is 5. The fraction of sp³-hybridized carbons (Fsp3) is 0.846. The van der Waals surface area contributed by atoms with Crippen molar-refractivity contribution in [2.24, 2.45) is 5.92 Å². The van der Waals surface area contributed by atoms with Crippen molar-refractivity contribution in [3.63, 3.8) is 0 Å². The highest BCUT2D eigenvalue weighted by atomic mass is 16.3. The molecule has 1 fully saturated rings. The smallest absolute Gasteiger partial charge is 0.228 e. The molecule has 0 aliphatic carbocycles. The van der Waals surface area contributed by atoms with Crippen LogP contribution in [0.15, 0.2) is 0 Å². The van der Waals surface area contributed by atoms with Gasteiger partial charge in [0.05, 0.1) is 19.1 Å². The van der Waals surface area contributed by atoms with Gasteiger partial charge in [0.25, 0.3) is 0 Å². The third-order valence-corrected chi connectivity index (χ3v) is 3.34. The summed E-state index contributed by atoms with van der Waals surface area (Å²) in [4.78, 5) is 27.3. The van der Waals surface area contributed by atoms with E-state index in [0.717, 1.165) is 0 Å². The van der Waals surface area contributed by atoms with E-state index in [1.54, 1.807) is 4.90 Å². The third kappa shape index (κ3) is 3.91. The zero-order chi connectivity index (χ0) is 14.6. The van der Waals surface area contributed by atoms with Gasteiger partial charge in [-0.1, -0.05) is 0 Å². The number of likely N-dealkylation sites (tertiary alicyclic amines) is 1. The lowest BCUT2D eigenvalue weighted by Crippen LogP contribution is -2.44. The number of carbonyl (C=O) groups is 2. The van der Waals surface area contributed by atoms with Crippen molar-refractivity contribution in [2.45, 2.75) is 32.7 Å². The zero-order valence-electron chi connectivity index (χ0n) is 11.9.